The molecule has 1 aromatic rings. The molecule has 3 atom stereocenters. The molecule has 2 N–H and O–H groups in total. The van der Waals surface area contributed by atoms with Crippen molar-refractivity contribution in [2.75, 3.05) is 26.2 Å². The molecule has 110 valence electrons. The van der Waals surface area contributed by atoms with E-state index in [-0.39, 0.29) is 6.10 Å². The van der Waals surface area contributed by atoms with E-state index in [1.54, 1.807) is 0 Å². The molecule has 3 rings (SSSR count). The number of nitrogens with zero attached hydrogens (tertiary/aromatic N) is 1. The van der Waals surface area contributed by atoms with Crippen LogP contribution >= 0.6 is 0 Å². The number of hydrogen-bond donors (Lipinski definition) is 2. The molecule has 0 aliphatic carbocycles. The summed E-state index contributed by atoms with van der Waals surface area (Å²) in [5.74, 6) is 0.925. The van der Waals surface area contributed by atoms with Gasteiger partial charge in [-0.05, 0) is 49.8 Å². The van der Waals surface area contributed by atoms with E-state index in [0.717, 1.165) is 32.6 Å². The SMILES string of the molecule is OC(C1CCNC1)C1CCCN(Cc2ccccc2)C1. The van der Waals surface area contributed by atoms with Gasteiger partial charge in [0.2, 0.25) is 0 Å². The summed E-state index contributed by atoms with van der Waals surface area (Å²) in [5, 5.41) is 14.0. The van der Waals surface area contributed by atoms with E-state index < -0.39 is 0 Å². The van der Waals surface area contributed by atoms with Gasteiger partial charge in [-0.2, -0.15) is 0 Å². The number of aliphatic hydroxyl groups is 1. The average Bonchev–Trinajstić information content (AvgIpc) is 3.02. The van der Waals surface area contributed by atoms with Gasteiger partial charge in [0.15, 0.2) is 0 Å². The van der Waals surface area contributed by atoms with Crippen molar-refractivity contribution in [3.63, 3.8) is 0 Å². The van der Waals surface area contributed by atoms with Crippen molar-refractivity contribution in [3.8, 4) is 0 Å². The van der Waals surface area contributed by atoms with Crippen LogP contribution < -0.4 is 5.32 Å². The van der Waals surface area contributed by atoms with Crippen LogP contribution in [0.25, 0.3) is 0 Å². The van der Waals surface area contributed by atoms with E-state index >= 15 is 0 Å². The number of benzene rings is 1. The maximum Gasteiger partial charge on any atom is 0.0621 e. The second-order valence-corrected chi connectivity index (χ2v) is 6.37. The van der Waals surface area contributed by atoms with Crippen LogP contribution in [0.4, 0.5) is 0 Å². The van der Waals surface area contributed by atoms with Crippen molar-refractivity contribution in [1.82, 2.24) is 10.2 Å². The Balaban J connectivity index is 1.56. The van der Waals surface area contributed by atoms with Crippen molar-refractivity contribution in [2.24, 2.45) is 11.8 Å². The van der Waals surface area contributed by atoms with Gasteiger partial charge in [0.05, 0.1) is 6.10 Å². The third-order valence-corrected chi connectivity index (χ3v) is 4.86. The Kier molecular flexibility index (Phi) is 4.71. The number of likely N-dealkylation sites (tertiary alicyclic amines) is 1. The predicted octanol–water partition coefficient (Wildman–Crippen LogP) is 1.87. The Morgan fingerprint density at radius 2 is 2.05 bits per heavy atom. The number of aliphatic hydroxyl groups excluding tert-OH is 1. The van der Waals surface area contributed by atoms with Crippen LogP contribution in [-0.4, -0.2) is 42.3 Å². The normalized spacial score (nSPS) is 29.4. The van der Waals surface area contributed by atoms with Crippen molar-refractivity contribution >= 4 is 0 Å². The van der Waals surface area contributed by atoms with Crippen molar-refractivity contribution in [1.29, 1.82) is 0 Å². The van der Waals surface area contributed by atoms with Crippen LogP contribution in [0.5, 0.6) is 0 Å². The molecule has 0 radical (unpaired) electrons. The lowest BCUT2D eigenvalue weighted by Gasteiger charge is -2.37. The first-order valence-corrected chi connectivity index (χ1v) is 7.98. The molecular weight excluding hydrogens is 248 g/mol. The monoisotopic (exact) mass is 274 g/mol. The summed E-state index contributed by atoms with van der Waals surface area (Å²) in [7, 11) is 0. The van der Waals surface area contributed by atoms with Gasteiger partial charge in [-0.1, -0.05) is 30.3 Å². The maximum atomic E-state index is 10.6. The molecule has 0 aromatic heterocycles. The van der Waals surface area contributed by atoms with E-state index in [1.807, 2.05) is 0 Å². The summed E-state index contributed by atoms with van der Waals surface area (Å²) in [6.07, 6.45) is 3.41. The third-order valence-electron chi connectivity index (χ3n) is 4.86. The highest BCUT2D eigenvalue weighted by Crippen LogP contribution is 2.27. The molecule has 2 heterocycles. The number of hydrogen-bond acceptors (Lipinski definition) is 3. The first-order valence-electron chi connectivity index (χ1n) is 7.98. The Bertz CT molecular complexity index is 403. The second kappa shape index (κ2) is 6.70. The number of rotatable bonds is 4. The average molecular weight is 274 g/mol. The summed E-state index contributed by atoms with van der Waals surface area (Å²) in [5.41, 5.74) is 1.38. The first kappa shape index (κ1) is 14.1. The Labute approximate surface area is 122 Å². The quantitative estimate of drug-likeness (QED) is 0.880. The van der Waals surface area contributed by atoms with E-state index in [2.05, 4.69) is 40.5 Å². The van der Waals surface area contributed by atoms with Crippen molar-refractivity contribution < 1.29 is 5.11 Å². The van der Waals surface area contributed by atoms with Crippen LogP contribution in [0.15, 0.2) is 30.3 Å². The van der Waals surface area contributed by atoms with Crippen LogP contribution in [0.2, 0.25) is 0 Å². The van der Waals surface area contributed by atoms with Crippen LogP contribution in [0.1, 0.15) is 24.8 Å². The molecule has 2 saturated heterocycles. The van der Waals surface area contributed by atoms with E-state index in [0.29, 0.717) is 11.8 Å². The summed E-state index contributed by atoms with van der Waals surface area (Å²) in [6.45, 7) is 5.30. The highest BCUT2D eigenvalue weighted by Gasteiger charge is 2.32. The molecule has 0 amide bonds. The van der Waals surface area contributed by atoms with E-state index in [1.165, 1.54) is 24.9 Å². The van der Waals surface area contributed by atoms with Gasteiger partial charge in [-0.25, -0.2) is 0 Å². The molecule has 3 nitrogen and oxygen atoms in total. The molecule has 0 bridgehead atoms. The minimum Gasteiger partial charge on any atom is -0.392 e. The summed E-state index contributed by atoms with van der Waals surface area (Å²) >= 11 is 0. The largest absolute Gasteiger partial charge is 0.392 e. The smallest absolute Gasteiger partial charge is 0.0621 e. The molecule has 0 saturated carbocycles. The predicted molar refractivity (Wildman–Crippen MR) is 81.4 cm³/mol. The first-order chi connectivity index (χ1) is 9.83. The van der Waals surface area contributed by atoms with Gasteiger partial charge in [0.25, 0.3) is 0 Å². The van der Waals surface area contributed by atoms with Gasteiger partial charge in [-0.3, -0.25) is 4.90 Å². The Hall–Kier alpha value is -0.900. The molecule has 3 unspecified atom stereocenters. The molecule has 20 heavy (non-hydrogen) atoms. The highest BCUT2D eigenvalue weighted by molar-refractivity contribution is 5.14. The van der Waals surface area contributed by atoms with Gasteiger partial charge < -0.3 is 10.4 Å². The van der Waals surface area contributed by atoms with Crippen LogP contribution in [0, 0.1) is 11.8 Å². The van der Waals surface area contributed by atoms with Crippen molar-refractivity contribution in [2.45, 2.75) is 31.9 Å². The molecule has 0 spiro atoms. The molecule has 2 aliphatic rings. The molecule has 1 aromatic carbocycles. The summed E-state index contributed by atoms with van der Waals surface area (Å²) < 4.78 is 0. The zero-order valence-electron chi connectivity index (χ0n) is 12.2. The standard InChI is InChI=1S/C17H26N2O/c20-17(15-8-9-18-11-15)16-7-4-10-19(13-16)12-14-5-2-1-3-6-14/h1-3,5-6,15-18,20H,4,7-13H2. The Morgan fingerprint density at radius 3 is 2.80 bits per heavy atom. The molecule has 2 fully saturated rings. The maximum absolute atomic E-state index is 10.6. The fourth-order valence-corrected chi connectivity index (χ4v) is 3.71. The zero-order valence-corrected chi connectivity index (χ0v) is 12.2. The minimum absolute atomic E-state index is 0.122. The topological polar surface area (TPSA) is 35.5 Å². The van der Waals surface area contributed by atoms with E-state index in [9.17, 15) is 5.11 Å². The summed E-state index contributed by atoms with van der Waals surface area (Å²) in [4.78, 5) is 2.51. The third kappa shape index (κ3) is 3.40. The van der Waals surface area contributed by atoms with Crippen molar-refractivity contribution in [3.05, 3.63) is 35.9 Å². The second-order valence-electron chi connectivity index (χ2n) is 6.37. The minimum atomic E-state index is -0.122. The highest BCUT2D eigenvalue weighted by atomic mass is 16.3. The fraction of sp³-hybridized carbons (Fsp3) is 0.647. The lowest BCUT2D eigenvalue weighted by molar-refractivity contribution is 0.0150. The van der Waals surface area contributed by atoms with Gasteiger partial charge in [-0.15, -0.1) is 0 Å². The molecule has 2 aliphatic heterocycles. The van der Waals surface area contributed by atoms with Gasteiger partial charge in [0.1, 0.15) is 0 Å². The Morgan fingerprint density at radius 1 is 1.20 bits per heavy atom. The fourth-order valence-electron chi connectivity index (χ4n) is 3.71. The zero-order chi connectivity index (χ0) is 13.8. The number of piperidine rings is 1. The van der Waals surface area contributed by atoms with Crippen LogP contribution in [-0.2, 0) is 6.54 Å². The molecule has 3 heteroatoms. The number of nitrogens with one attached hydrogen (secondary N) is 1. The van der Waals surface area contributed by atoms with E-state index in [4.69, 9.17) is 0 Å². The van der Waals surface area contributed by atoms with Gasteiger partial charge >= 0.3 is 0 Å². The van der Waals surface area contributed by atoms with Crippen LogP contribution in [0.3, 0.4) is 0 Å². The van der Waals surface area contributed by atoms with Gasteiger partial charge in [0, 0.05) is 19.6 Å². The molecular formula is C17H26N2O. The lowest BCUT2D eigenvalue weighted by atomic mass is 9.84. The summed E-state index contributed by atoms with van der Waals surface area (Å²) in [6, 6.07) is 10.7. The lowest BCUT2D eigenvalue weighted by Crippen LogP contribution is -2.42.